The quantitative estimate of drug-likeness (QED) is 0.807. The van der Waals surface area contributed by atoms with Gasteiger partial charge in [-0.05, 0) is 19.8 Å². The van der Waals surface area contributed by atoms with E-state index in [2.05, 4.69) is 17.2 Å². The van der Waals surface area contributed by atoms with Crippen molar-refractivity contribution >= 4 is 16.3 Å². The third-order valence-electron chi connectivity index (χ3n) is 2.99. The van der Waals surface area contributed by atoms with Crippen molar-refractivity contribution in [2.45, 2.75) is 44.9 Å². The van der Waals surface area contributed by atoms with Crippen LogP contribution in [0.3, 0.4) is 0 Å². The van der Waals surface area contributed by atoms with Crippen LogP contribution in [0.1, 0.15) is 48.7 Å². The largest absolute Gasteiger partial charge is 0.378 e. The van der Waals surface area contributed by atoms with Crippen molar-refractivity contribution in [3.05, 3.63) is 10.7 Å². The molecule has 0 bridgehead atoms. The van der Waals surface area contributed by atoms with Gasteiger partial charge in [-0.25, -0.2) is 4.98 Å². The standard InChI is InChI=1S/C11H18N2S/c1-8-10(12-2)14-11(13-8)9-6-4-3-5-7-9/h9,12H,3-7H2,1-2H3. The molecule has 1 fully saturated rings. The van der Waals surface area contributed by atoms with E-state index in [1.807, 2.05) is 18.4 Å². The van der Waals surface area contributed by atoms with Crippen molar-refractivity contribution in [1.29, 1.82) is 0 Å². The molecule has 1 aliphatic rings. The van der Waals surface area contributed by atoms with Gasteiger partial charge in [0, 0.05) is 13.0 Å². The number of aromatic nitrogens is 1. The van der Waals surface area contributed by atoms with Crippen LogP contribution in [0.4, 0.5) is 5.00 Å². The summed E-state index contributed by atoms with van der Waals surface area (Å²) in [5.41, 5.74) is 1.16. The molecule has 78 valence electrons. The lowest BCUT2D eigenvalue weighted by Gasteiger charge is -2.18. The number of rotatable bonds is 2. The first-order chi connectivity index (χ1) is 6.81. The van der Waals surface area contributed by atoms with Gasteiger partial charge in [0.05, 0.1) is 10.7 Å². The molecule has 0 atom stereocenters. The Morgan fingerprint density at radius 1 is 1.29 bits per heavy atom. The highest BCUT2D eigenvalue weighted by Gasteiger charge is 2.19. The van der Waals surface area contributed by atoms with Gasteiger partial charge < -0.3 is 5.32 Å². The minimum Gasteiger partial charge on any atom is -0.378 e. The number of nitrogens with zero attached hydrogens (tertiary/aromatic N) is 1. The SMILES string of the molecule is CNc1sc(C2CCCCC2)nc1C. The Labute approximate surface area is 89.8 Å². The average molecular weight is 210 g/mol. The molecule has 0 amide bonds. The number of aryl methyl sites for hydroxylation is 1. The smallest absolute Gasteiger partial charge is 0.111 e. The summed E-state index contributed by atoms with van der Waals surface area (Å²) in [6.45, 7) is 2.09. The lowest BCUT2D eigenvalue weighted by atomic mass is 9.90. The Hall–Kier alpha value is -0.570. The first-order valence-corrected chi connectivity index (χ1v) is 6.28. The Morgan fingerprint density at radius 3 is 2.57 bits per heavy atom. The summed E-state index contributed by atoms with van der Waals surface area (Å²) < 4.78 is 0. The first kappa shape index (κ1) is 9.97. The summed E-state index contributed by atoms with van der Waals surface area (Å²) in [5.74, 6) is 0.745. The zero-order valence-electron chi connectivity index (χ0n) is 8.97. The highest BCUT2D eigenvalue weighted by molar-refractivity contribution is 7.16. The monoisotopic (exact) mass is 210 g/mol. The summed E-state index contributed by atoms with van der Waals surface area (Å²) in [4.78, 5) is 4.66. The van der Waals surface area contributed by atoms with Crippen LogP contribution in [0, 0.1) is 6.92 Å². The number of hydrogen-bond donors (Lipinski definition) is 1. The van der Waals surface area contributed by atoms with Gasteiger partial charge in [-0.15, -0.1) is 11.3 Å². The third kappa shape index (κ3) is 1.92. The lowest BCUT2D eigenvalue weighted by molar-refractivity contribution is 0.442. The molecule has 1 aliphatic carbocycles. The number of hydrogen-bond acceptors (Lipinski definition) is 3. The van der Waals surface area contributed by atoms with E-state index in [1.165, 1.54) is 42.1 Å². The van der Waals surface area contributed by atoms with Crippen molar-refractivity contribution in [2.24, 2.45) is 0 Å². The highest BCUT2D eigenvalue weighted by atomic mass is 32.1. The van der Waals surface area contributed by atoms with E-state index >= 15 is 0 Å². The Kier molecular flexibility index (Phi) is 3.06. The summed E-state index contributed by atoms with van der Waals surface area (Å²) in [6.07, 6.45) is 6.88. The van der Waals surface area contributed by atoms with Gasteiger partial charge in [0.25, 0.3) is 0 Å². The van der Waals surface area contributed by atoms with Crippen molar-refractivity contribution in [2.75, 3.05) is 12.4 Å². The van der Waals surface area contributed by atoms with Gasteiger partial charge in [-0.1, -0.05) is 19.3 Å². The topological polar surface area (TPSA) is 24.9 Å². The molecule has 0 aromatic carbocycles. The van der Waals surface area contributed by atoms with E-state index in [-0.39, 0.29) is 0 Å². The zero-order valence-corrected chi connectivity index (χ0v) is 9.78. The summed E-state index contributed by atoms with van der Waals surface area (Å²) in [6, 6.07) is 0. The summed E-state index contributed by atoms with van der Waals surface area (Å²) in [7, 11) is 1.98. The van der Waals surface area contributed by atoms with E-state index in [9.17, 15) is 0 Å². The van der Waals surface area contributed by atoms with Gasteiger partial charge in [-0.3, -0.25) is 0 Å². The van der Waals surface area contributed by atoms with Gasteiger partial charge in [0.1, 0.15) is 5.00 Å². The van der Waals surface area contributed by atoms with Crippen LogP contribution in [-0.4, -0.2) is 12.0 Å². The fourth-order valence-corrected chi connectivity index (χ4v) is 3.26. The summed E-state index contributed by atoms with van der Waals surface area (Å²) >= 11 is 1.84. The molecule has 0 saturated heterocycles. The molecule has 0 unspecified atom stereocenters. The highest BCUT2D eigenvalue weighted by Crippen LogP contribution is 2.37. The molecule has 0 aliphatic heterocycles. The molecule has 1 saturated carbocycles. The van der Waals surface area contributed by atoms with Gasteiger partial charge in [0.15, 0.2) is 0 Å². The van der Waals surface area contributed by atoms with E-state index in [0.29, 0.717) is 0 Å². The van der Waals surface area contributed by atoms with Crippen LogP contribution in [0.2, 0.25) is 0 Å². The van der Waals surface area contributed by atoms with Gasteiger partial charge in [-0.2, -0.15) is 0 Å². The van der Waals surface area contributed by atoms with Crippen LogP contribution >= 0.6 is 11.3 Å². The maximum Gasteiger partial charge on any atom is 0.111 e. The normalized spacial score (nSPS) is 18.4. The van der Waals surface area contributed by atoms with Crippen LogP contribution in [0.25, 0.3) is 0 Å². The zero-order chi connectivity index (χ0) is 9.97. The van der Waals surface area contributed by atoms with Crippen LogP contribution < -0.4 is 5.32 Å². The second kappa shape index (κ2) is 4.30. The molecule has 1 heterocycles. The fraction of sp³-hybridized carbons (Fsp3) is 0.727. The molecule has 2 nitrogen and oxygen atoms in total. The summed E-state index contributed by atoms with van der Waals surface area (Å²) in [5, 5.41) is 5.81. The molecule has 0 radical (unpaired) electrons. The maximum atomic E-state index is 4.66. The van der Waals surface area contributed by atoms with E-state index in [1.54, 1.807) is 0 Å². The van der Waals surface area contributed by atoms with Gasteiger partial charge in [0.2, 0.25) is 0 Å². The first-order valence-electron chi connectivity index (χ1n) is 5.46. The van der Waals surface area contributed by atoms with Crippen molar-refractivity contribution < 1.29 is 0 Å². The van der Waals surface area contributed by atoms with Crippen LogP contribution in [0.5, 0.6) is 0 Å². The number of nitrogens with one attached hydrogen (secondary N) is 1. The molecule has 1 N–H and O–H groups in total. The minimum absolute atomic E-state index is 0.745. The van der Waals surface area contributed by atoms with Gasteiger partial charge >= 0.3 is 0 Å². The molecule has 1 aromatic rings. The Balaban J connectivity index is 2.14. The average Bonchev–Trinajstić information content (AvgIpc) is 2.61. The predicted octanol–water partition coefficient (Wildman–Crippen LogP) is 3.54. The molecular formula is C11H18N2S. The van der Waals surface area contributed by atoms with Crippen molar-refractivity contribution in [3.63, 3.8) is 0 Å². The fourth-order valence-electron chi connectivity index (χ4n) is 2.17. The van der Waals surface area contributed by atoms with E-state index in [0.717, 1.165) is 11.6 Å². The molecule has 2 rings (SSSR count). The van der Waals surface area contributed by atoms with Crippen LogP contribution in [-0.2, 0) is 0 Å². The van der Waals surface area contributed by atoms with Crippen molar-refractivity contribution in [1.82, 2.24) is 4.98 Å². The predicted molar refractivity (Wildman–Crippen MR) is 62.2 cm³/mol. The van der Waals surface area contributed by atoms with Crippen molar-refractivity contribution in [3.8, 4) is 0 Å². The van der Waals surface area contributed by atoms with E-state index in [4.69, 9.17) is 0 Å². The Morgan fingerprint density at radius 2 is 2.00 bits per heavy atom. The molecule has 1 aromatic heterocycles. The molecule has 3 heteroatoms. The maximum absolute atomic E-state index is 4.66. The number of thiazole rings is 1. The molecule has 14 heavy (non-hydrogen) atoms. The third-order valence-corrected chi connectivity index (χ3v) is 4.33. The lowest BCUT2D eigenvalue weighted by Crippen LogP contribution is -2.03. The van der Waals surface area contributed by atoms with E-state index < -0.39 is 0 Å². The number of anilines is 1. The molecular weight excluding hydrogens is 192 g/mol. The van der Waals surface area contributed by atoms with Crippen LogP contribution in [0.15, 0.2) is 0 Å². The second-order valence-corrected chi connectivity index (χ2v) is 5.08. The Bertz CT molecular complexity index is 300. The molecule has 0 spiro atoms. The second-order valence-electron chi connectivity index (χ2n) is 4.05. The minimum atomic E-state index is 0.745.